The van der Waals surface area contributed by atoms with E-state index in [0.717, 1.165) is 0 Å². The van der Waals surface area contributed by atoms with Gasteiger partial charge in [-0.2, -0.15) is 0 Å². The first-order chi connectivity index (χ1) is 4.05. The highest BCUT2D eigenvalue weighted by Crippen LogP contribution is 2.71. The Bertz CT molecular complexity index is 126. The third-order valence-electron chi connectivity index (χ3n) is 2.26. The first-order valence-electron chi connectivity index (χ1n) is 3.29. The summed E-state index contributed by atoms with van der Waals surface area (Å²) in [5.41, 5.74) is 1.27. The second kappa shape index (κ2) is 2.25. The molecule has 0 nitrogen and oxygen atoms in total. The number of hydrogen-bond donors (Lipinski definition) is 0. The molecule has 0 aliphatic carbocycles. The lowest BCUT2D eigenvalue weighted by Crippen LogP contribution is -2.03. The molecule has 9 heavy (non-hydrogen) atoms. The number of halogens is 1. The lowest BCUT2D eigenvalue weighted by molar-refractivity contribution is 1.21. The van der Waals surface area contributed by atoms with Gasteiger partial charge in [0.2, 0.25) is 0 Å². The average Bonchev–Trinajstić information content (AvgIpc) is 1.96. The summed E-state index contributed by atoms with van der Waals surface area (Å²) in [5, 5.41) is 0. The molecule has 0 aromatic rings. The summed E-state index contributed by atoms with van der Waals surface area (Å²) in [6, 6.07) is 0. The molecule has 0 aromatic carbocycles. The monoisotopic (exact) mass is 163 g/mol. The van der Waals surface area contributed by atoms with E-state index in [1.165, 1.54) is 0 Å². The van der Waals surface area contributed by atoms with Crippen LogP contribution < -0.4 is 0 Å². The number of rotatable bonds is 0. The first kappa shape index (κ1) is 7.57. The maximum atomic E-state index is 6.32. The van der Waals surface area contributed by atoms with Crippen molar-refractivity contribution >= 4 is 17.9 Å². The van der Waals surface area contributed by atoms with E-state index in [1.807, 2.05) is 0 Å². The minimum atomic E-state index is -1.11. The molecular weight excluding hydrogens is 151 g/mol. The van der Waals surface area contributed by atoms with Gasteiger partial charge in [-0.1, -0.05) is 0 Å². The Hall–Kier alpha value is 0.460. The zero-order chi connectivity index (χ0) is 7.07. The number of allylic oxidation sites excluding steroid dienone is 2. The van der Waals surface area contributed by atoms with Gasteiger partial charge in [-0.15, -0.1) is 0 Å². The summed E-state index contributed by atoms with van der Waals surface area (Å²) in [5.74, 6) is 0. The van der Waals surface area contributed by atoms with Crippen LogP contribution in [0.1, 0.15) is 13.8 Å². The van der Waals surface area contributed by atoms with E-state index in [2.05, 4.69) is 32.7 Å². The van der Waals surface area contributed by atoms with Gasteiger partial charge in [0.05, 0.1) is 17.9 Å². The van der Waals surface area contributed by atoms with Crippen molar-refractivity contribution in [3.8, 4) is 0 Å². The van der Waals surface area contributed by atoms with Gasteiger partial charge in [0.1, 0.15) is 17.9 Å². The zero-order valence-corrected chi connectivity index (χ0v) is 7.78. The van der Waals surface area contributed by atoms with E-state index >= 15 is 0 Å². The molecule has 2 atom stereocenters. The summed E-state index contributed by atoms with van der Waals surface area (Å²) in [6.07, 6.45) is 4.48. The molecular formula is C7H13ClP+. The Morgan fingerprint density at radius 3 is 1.67 bits per heavy atom. The van der Waals surface area contributed by atoms with Crippen molar-refractivity contribution < 1.29 is 0 Å². The largest absolute Gasteiger partial charge is 0.124 e. The van der Waals surface area contributed by atoms with Crippen LogP contribution in [0.5, 0.6) is 0 Å². The summed E-state index contributed by atoms with van der Waals surface area (Å²) in [4.78, 5) is 0. The van der Waals surface area contributed by atoms with Crippen molar-refractivity contribution in [1.82, 2.24) is 0 Å². The molecule has 0 saturated carbocycles. The van der Waals surface area contributed by atoms with Crippen molar-refractivity contribution in [3.63, 3.8) is 0 Å². The van der Waals surface area contributed by atoms with Gasteiger partial charge in [0.25, 0.3) is 0 Å². The van der Waals surface area contributed by atoms with Crippen molar-refractivity contribution in [2.75, 3.05) is 6.66 Å². The molecule has 1 aliphatic rings. The Morgan fingerprint density at radius 1 is 1.22 bits per heavy atom. The molecule has 0 radical (unpaired) electrons. The third kappa shape index (κ3) is 1.16. The topological polar surface area (TPSA) is 0 Å². The minimum absolute atomic E-state index is 0.633. The lowest BCUT2D eigenvalue weighted by Gasteiger charge is -2.16. The predicted molar refractivity (Wildman–Crippen MR) is 46.8 cm³/mol. The summed E-state index contributed by atoms with van der Waals surface area (Å²) in [6.45, 7) is 5.52. The molecule has 0 aromatic heterocycles. The van der Waals surface area contributed by atoms with Crippen LogP contribution in [-0.2, 0) is 0 Å². The lowest BCUT2D eigenvalue weighted by atomic mass is 10.4. The number of hydrogen-bond acceptors (Lipinski definition) is 0. The van der Waals surface area contributed by atoms with Gasteiger partial charge in [-0.3, -0.25) is 0 Å². The van der Waals surface area contributed by atoms with Crippen LogP contribution in [0.3, 0.4) is 0 Å². The van der Waals surface area contributed by atoms with Gasteiger partial charge in [0.15, 0.2) is 0 Å². The Kier molecular flexibility index (Phi) is 1.89. The fourth-order valence-corrected chi connectivity index (χ4v) is 3.03. The van der Waals surface area contributed by atoms with Crippen molar-refractivity contribution in [2.45, 2.75) is 25.2 Å². The fourth-order valence-electron chi connectivity index (χ4n) is 1.03. The molecule has 0 spiro atoms. The molecule has 0 fully saturated rings. The summed E-state index contributed by atoms with van der Waals surface area (Å²) >= 11 is 6.32. The van der Waals surface area contributed by atoms with E-state index in [4.69, 9.17) is 11.2 Å². The van der Waals surface area contributed by atoms with Gasteiger partial charge in [-0.25, -0.2) is 0 Å². The highest BCUT2D eigenvalue weighted by atomic mass is 35.7. The molecule has 52 valence electrons. The molecule has 1 rings (SSSR count). The SMILES string of the molecule is CC1C=CC(C)[P+]1(C)Cl. The first-order valence-corrected chi connectivity index (χ1v) is 6.57. The molecule has 0 N–H and O–H groups in total. The van der Waals surface area contributed by atoms with Crippen LogP contribution in [0.4, 0.5) is 0 Å². The Labute approximate surface area is 62.4 Å². The molecule has 0 amide bonds. The van der Waals surface area contributed by atoms with Crippen LogP contribution in [0.2, 0.25) is 0 Å². The van der Waals surface area contributed by atoms with Gasteiger partial charge in [-0.05, 0) is 26.0 Å². The molecule has 1 aliphatic heterocycles. The quantitative estimate of drug-likeness (QED) is 0.380. The Balaban J connectivity index is 2.76. The maximum Gasteiger partial charge on any atom is 0.124 e. The normalized spacial score (nSPS) is 50.2. The van der Waals surface area contributed by atoms with E-state index in [1.54, 1.807) is 0 Å². The Morgan fingerprint density at radius 2 is 1.56 bits per heavy atom. The molecule has 2 unspecified atom stereocenters. The highest BCUT2D eigenvalue weighted by Gasteiger charge is 2.44. The second-order valence-corrected chi connectivity index (χ2v) is 8.77. The van der Waals surface area contributed by atoms with E-state index in [9.17, 15) is 0 Å². The zero-order valence-electron chi connectivity index (χ0n) is 6.13. The second-order valence-electron chi connectivity index (χ2n) is 2.90. The van der Waals surface area contributed by atoms with Crippen LogP contribution in [0, 0.1) is 0 Å². The summed E-state index contributed by atoms with van der Waals surface area (Å²) < 4.78 is 0. The third-order valence-corrected chi connectivity index (χ3v) is 7.64. The van der Waals surface area contributed by atoms with Crippen LogP contribution in [-0.4, -0.2) is 18.0 Å². The molecule has 0 saturated heterocycles. The molecule has 1 heterocycles. The van der Waals surface area contributed by atoms with E-state index < -0.39 is 6.62 Å². The molecule has 2 heteroatoms. The van der Waals surface area contributed by atoms with Gasteiger partial charge in [0, 0.05) is 0 Å². The van der Waals surface area contributed by atoms with Crippen molar-refractivity contribution in [2.24, 2.45) is 0 Å². The van der Waals surface area contributed by atoms with E-state index in [0.29, 0.717) is 11.3 Å². The maximum absolute atomic E-state index is 6.32. The average molecular weight is 164 g/mol. The van der Waals surface area contributed by atoms with Gasteiger partial charge >= 0.3 is 0 Å². The van der Waals surface area contributed by atoms with Crippen LogP contribution >= 0.6 is 17.9 Å². The predicted octanol–water partition coefficient (Wildman–Crippen LogP) is 3.13. The smallest absolute Gasteiger partial charge is 0.0435 e. The van der Waals surface area contributed by atoms with Crippen molar-refractivity contribution in [1.29, 1.82) is 0 Å². The standard InChI is InChI=1S/C7H13ClP/c1-6-4-5-7(2)9(6,3)8/h4-7H,1-3H3/q+1. The van der Waals surface area contributed by atoms with Crippen LogP contribution in [0.15, 0.2) is 12.2 Å². The summed E-state index contributed by atoms with van der Waals surface area (Å²) in [7, 11) is 0. The van der Waals surface area contributed by atoms with Gasteiger partial charge < -0.3 is 0 Å². The van der Waals surface area contributed by atoms with E-state index in [-0.39, 0.29) is 0 Å². The highest BCUT2D eigenvalue weighted by molar-refractivity contribution is 7.99. The van der Waals surface area contributed by atoms with Crippen LogP contribution in [0.25, 0.3) is 0 Å². The fraction of sp³-hybridized carbons (Fsp3) is 0.714. The molecule has 0 bridgehead atoms. The van der Waals surface area contributed by atoms with Crippen molar-refractivity contribution in [3.05, 3.63) is 12.2 Å². The minimum Gasteiger partial charge on any atom is -0.0435 e.